The molecule has 0 radical (unpaired) electrons. The van der Waals surface area contributed by atoms with E-state index in [1.54, 1.807) is 6.07 Å². The summed E-state index contributed by atoms with van der Waals surface area (Å²) in [7, 11) is 0. The van der Waals surface area contributed by atoms with Gasteiger partial charge in [-0.2, -0.15) is 11.8 Å². The van der Waals surface area contributed by atoms with Gasteiger partial charge in [0, 0.05) is 11.6 Å². The van der Waals surface area contributed by atoms with Crippen molar-refractivity contribution in [2.45, 2.75) is 13.0 Å². The van der Waals surface area contributed by atoms with Crippen molar-refractivity contribution in [3.8, 4) is 0 Å². The van der Waals surface area contributed by atoms with Gasteiger partial charge in [0.2, 0.25) is 0 Å². The first-order valence-electron chi connectivity index (χ1n) is 4.87. The van der Waals surface area contributed by atoms with E-state index in [4.69, 9.17) is 11.6 Å². The molecule has 15 heavy (non-hydrogen) atoms. The summed E-state index contributed by atoms with van der Waals surface area (Å²) in [5.41, 5.74) is 0.946. The van der Waals surface area contributed by atoms with E-state index < -0.39 is 0 Å². The number of hydrogen-bond acceptors (Lipinski definition) is 2. The van der Waals surface area contributed by atoms with Gasteiger partial charge in [0.15, 0.2) is 0 Å². The SMILES string of the molecule is CSCCCNCc1ccc(F)cc1Cl. The maximum absolute atomic E-state index is 12.7. The molecule has 0 spiro atoms. The molecule has 0 bridgehead atoms. The van der Waals surface area contributed by atoms with Crippen LogP contribution >= 0.6 is 23.4 Å². The molecule has 1 aromatic rings. The lowest BCUT2D eigenvalue weighted by Crippen LogP contribution is -2.15. The molecule has 0 aliphatic carbocycles. The van der Waals surface area contributed by atoms with E-state index in [2.05, 4.69) is 11.6 Å². The van der Waals surface area contributed by atoms with Crippen LogP contribution in [0.1, 0.15) is 12.0 Å². The third-order valence-electron chi connectivity index (χ3n) is 2.03. The highest BCUT2D eigenvalue weighted by molar-refractivity contribution is 7.98. The molecule has 0 saturated heterocycles. The summed E-state index contributed by atoms with van der Waals surface area (Å²) in [4.78, 5) is 0. The Morgan fingerprint density at radius 1 is 1.47 bits per heavy atom. The minimum atomic E-state index is -0.286. The van der Waals surface area contributed by atoms with Crippen molar-refractivity contribution in [1.82, 2.24) is 5.32 Å². The van der Waals surface area contributed by atoms with Crippen LogP contribution in [0.4, 0.5) is 4.39 Å². The minimum absolute atomic E-state index is 0.286. The van der Waals surface area contributed by atoms with Crippen LogP contribution in [0.25, 0.3) is 0 Å². The van der Waals surface area contributed by atoms with E-state index in [1.807, 2.05) is 11.8 Å². The smallest absolute Gasteiger partial charge is 0.124 e. The van der Waals surface area contributed by atoms with Gasteiger partial charge < -0.3 is 5.32 Å². The molecule has 0 fully saturated rings. The van der Waals surface area contributed by atoms with E-state index in [0.29, 0.717) is 11.6 Å². The fourth-order valence-electron chi connectivity index (χ4n) is 1.23. The highest BCUT2D eigenvalue weighted by Gasteiger charge is 2.00. The first-order chi connectivity index (χ1) is 7.24. The largest absolute Gasteiger partial charge is 0.313 e. The van der Waals surface area contributed by atoms with Gasteiger partial charge in [-0.1, -0.05) is 17.7 Å². The van der Waals surface area contributed by atoms with Gasteiger partial charge in [-0.05, 0) is 42.7 Å². The molecular weight excluding hydrogens is 233 g/mol. The summed E-state index contributed by atoms with van der Waals surface area (Å²) >= 11 is 7.72. The van der Waals surface area contributed by atoms with Crippen molar-refractivity contribution in [3.63, 3.8) is 0 Å². The molecule has 0 aliphatic heterocycles. The Bertz CT molecular complexity index is 307. The molecule has 0 aromatic heterocycles. The van der Waals surface area contributed by atoms with E-state index in [9.17, 15) is 4.39 Å². The van der Waals surface area contributed by atoms with Gasteiger partial charge >= 0.3 is 0 Å². The average molecular weight is 248 g/mol. The quantitative estimate of drug-likeness (QED) is 0.774. The Kier molecular flexibility index (Phi) is 6.06. The normalized spacial score (nSPS) is 10.6. The second kappa shape index (κ2) is 7.09. The number of hydrogen-bond donors (Lipinski definition) is 1. The lowest BCUT2D eigenvalue weighted by atomic mass is 10.2. The molecule has 1 nitrogen and oxygen atoms in total. The van der Waals surface area contributed by atoms with Crippen LogP contribution in [-0.4, -0.2) is 18.6 Å². The molecule has 84 valence electrons. The molecular formula is C11H15ClFNS. The molecule has 0 amide bonds. The van der Waals surface area contributed by atoms with E-state index >= 15 is 0 Å². The Hall–Kier alpha value is -0.250. The summed E-state index contributed by atoms with van der Waals surface area (Å²) in [6, 6.07) is 4.50. The van der Waals surface area contributed by atoms with Gasteiger partial charge in [0.1, 0.15) is 5.82 Å². The fraction of sp³-hybridized carbons (Fsp3) is 0.455. The van der Waals surface area contributed by atoms with Crippen LogP contribution in [0.5, 0.6) is 0 Å². The van der Waals surface area contributed by atoms with Gasteiger partial charge in [0.05, 0.1) is 0 Å². The summed E-state index contributed by atoms with van der Waals surface area (Å²) in [6.07, 6.45) is 3.23. The second-order valence-corrected chi connectivity index (χ2v) is 4.65. The summed E-state index contributed by atoms with van der Waals surface area (Å²) < 4.78 is 12.7. The van der Waals surface area contributed by atoms with Gasteiger partial charge in [-0.3, -0.25) is 0 Å². The lowest BCUT2D eigenvalue weighted by molar-refractivity contribution is 0.624. The first-order valence-corrected chi connectivity index (χ1v) is 6.65. The van der Waals surface area contributed by atoms with Gasteiger partial charge in [0.25, 0.3) is 0 Å². The van der Waals surface area contributed by atoms with Crippen LogP contribution < -0.4 is 5.32 Å². The fourth-order valence-corrected chi connectivity index (χ4v) is 1.90. The zero-order valence-corrected chi connectivity index (χ0v) is 10.3. The monoisotopic (exact) mass is 247 g/mol. The van der Waals surface area contributed by atoms with Crippen molar-refractivity contribution in [2.24, 2.45) is 0 Å². The molecule has 1 rings (SSSR count). The Morgan fingerprint density at radius 2 is 2.27 bits per heavy atom. The maximum Gasteiger partial charge on any atom is 0.124 e. The van der Waals surface area contributed by atoms with Crippen LogP contribution in [0.3, 0.4) is 0 Å². The molecule has 0 heterocycles. The topological polar surface area (TPSA) is 12.0 Å². The van der Waals surface area contributed by atoms with Crippen molar-refractivity contribution in [2.75, 3.05) is 18.6 Å². The lowest BCUT2D eigenvalue weighted by Gasteiger charge is -2.06. The van der Waals surface area contributed by atoms with Crippen molar-refractivity contribution in [1.29, 1.82) is 0 Å². The Balaban J connectivity index is 2.31. The number of halogens is 2. The third kappa shape index (κ3) is 4.87. The van der Waals surface area contributed by atoms with E-state index in [-0.39, 0.29) is 5.82 Å². The van der Waals surface area contributed by atoms with Crippen LogP contribution in [0.15, 0.2) is 18.2 Å². The second-order valence-electron chi connectivity index (χ2n) is 3.26. The van der Waals surface area contributed by atoms with Crippen molar-refractivity contribution < 1.29 is 4.39 Å². The number of benzene rings is 1. The average Bonchev–Trinajstić information content (AvgIpc) is 2.20. The standard InChI is InChI=1S/C11H15ClFNS/c1-15-6-2-5-14-8-9-3-4-10(13)7-11(9)12/h3-4,7,14H,2,5-6,8H2,1H3. The number of thioether (sulfide) groups is 1. The predicted octanol–water partition coefficient (Wildman–Crippen LogP) is 3.32. The number of rotatable bonds is 6. The zero-order valence-electron chi connectivity index (χ0n) is 8.72. The highest BCUT2D eigenvalue weighted by atomic mass is 35.5. The van der Waals surface area contributed by atoms with E-state index in [0.717, 1.165) is 24.3 Å². The van der Waals surface area contributed by atoms with Crippen LogP contribution in [0.2, 0.25) is 5.02 Å². The van der Waals surface area contributed by atoms with Gasteiger partial charge in [-0.25, -0.2) is 4.39 Å². The van der Waals surface area contributed by atoms with Crippen LogP contribution in [0, 0.1) is 5.82 Å². The molecule has 0 unspecified atom stereocenters. The molecule has 0 atom stereocenters. The maximum atomic E-state index is 12.7. The van der Waals surface area contributed by atoms with E-state index in [1.165, 1.54) is 12.1 Å². The molecule has 1 aromatic carbocycles. The minimum Gasteiger partial charge on any atom is -0.313 e. The summed E-state index contributed by atoms with van der Waals surface area (Å²) in [5.74, 6) is 0.871. The zero-order chi connectivity index (χ0) is 11.1. The number of nitrogens with one attached hydrogen (secondary N) is 1. The first kappa shape index (κ1) is 12.8. The summed E-state index contributed by atoms with van der Waals surface area (Å²) in [6.45, 7) is 1.67. The van der Waals surface area contributed by atoms with Crippen LogP contribution in [-0.2, 0) is 6.54 Å². The molecule has 4 heteroatoms. The molecule has 0 saturated carbocycles. The van der Waals surface area contributed by atoms with Crippen molar-refractivity contribution in [3.05, 3.63) is 34.6 Å². The van der Waals surface area contributed by atoms with Crippen molar-refractivity contribution >= 4 is 23.4 Å². The highest BCUT2D eigenvalue weighted by Crippen LogP contribution is 2.16. The molecule has 0 aliphatic rings. The molecule has 1 N–H and O–H groups in total. The summed E-state index contributed by atoms with van der Waals surface area (Å²) in [5, 5.41) is 3.77. The Labute approximate surface area is 99.4 Å². The Morgan fingerprint density at radius 3 is 2.93 bits per heavy atom. The van der Waals surface area contributed by atoms with Gasteiger partial charge in [-0.15, -0.1) is 0 Å². The predicted molar refractivity (Wildman–Crippen MR) is 66.1 cm³/mol. The third-order valence-corrected chi connectivity index (χ3v) is 3.08.